The molecule has 136 valence electrons. The summed E-state index contributed by atoms with van der Waals surface area (Å²) in [7, 11) is 2.00. The average Bonchev–Trinajstić information content (AvgIpc) is 3.04. The van der Waals surface area contributed by atoms with Crippen LogP contribution in [0.3, 0.4) is 0 Å². The Balaban J connectivity index is 1.58. The van der Waals surface area contributed by atoms with Crippen molar-refractivity contribution in [1.82, 2.24) is 19.4 Å². The van der Waals surface area contributed by atoms with Crippen molar-refractivity contribution >= 4 is 22.6 Å². The van der Waals surface area contributed by atoms with Gasteiger partial charge in [0.15, 0.2) is 0 Å². The second kappa shape index (κ2) is 6.23. The van der Waals surface area contributed by atoms with Crippen LogP contribution >= 0.6 is 0 Å². The van der Waals surface area contributed by atoms with Crippen LogP contribution < -0.4 is 0 Å². The number of nitrogens with zero attached hydrogens (tertiary/aromatic N) is 4. The maximum Gasteiger partial charge on any atom is 0.255 e. The maximum atomic E-state index is 13.3. The summed E-state index contributed by atoms with van der Waals surface area (Å²) in [5, 5.41) is 0.858. The molecule has 5 nitrogen and oxygen atoms in total. The van der Waals surface area contributed by atoms with Crippen LogP contribution in [0.2, 0.25) is 0 Å². The SMILES string of the molecule is CN1C=CC=C(n2ccc3cc(C(=O)N4CCC(F)(F)CC4)cnc32)C1. The number of fused-ring (bicyclic) bond motifs is 1. The van der Waals surface area contributed by atoms with Gasteiger partial charge in [-0.25, -0.2) is 13.8 Å². The molecule has 0 aliphatic carbocycles. The van der Waals surface area contributed by atoms with E-state index >= 15 is 0 Å². The Morgan fingerprint density at radius 3 is 2.77 bits per heavy atom. The number of carbonyl (C=O) groups excluding carboxylic acids is 1. The zero-order chi connectivity index (χ0) is 18.3. The van der Waals surface area contributed by atoms with E-state index in [2.05, 4.69) is 9.88 Å². The molecular formula is C19H20F2N4O. The van der Waals surface area contributed by atoms with E-state index in [0.29, 0.717) is 5.56 Å². The molecule has 2 aromatic heterocycles. The Labute approximate surface area is 150 Å². The standard InChI is InChI=1S/C19H20F2N4O/c1-23-7-2-3-16(13-23)25-8-4-14-11-15(12-22-17(14)25)18(26)24-9-5-19(20,21)6-10-24/h2-4,7-8,11-12H,5-6,9-10,13H2,1H3. The number of alkyl halides is 2. The number of halogens is 2. The second-order valence-corrected chi connectivity index (χ2v) is 6.89. The first-order chi connectivity index (χ1) is 12.4. The van der Waals surface area contributed by atoms with Crippen molar-refractivity contribution < 1.29 is 13.6 Å². The largest absolute Gasteiger partial charge is 0.375 e. The van der Waals surface area contributed by atoms with Crippen molar-refractivity contribution in [2.45, 2.75) is 18.8 Å². The first-order valence-electron chi connectivity index (χ1n) is 8.65. The summed E-state index contributed by atoms with van der Waals surface area (Å²) in [5.41, 5.74) is 2.31. The van der Waals surface area contributed by atoms with Gasteiger partial charge in [-0.05, 0) is 30.5 Å². The molecule has 0 atom stereocenters. The molecule has 0 unspecified atom stereocenters. The summed E-state index contributed by atoms with van der Waals surface area (Å²) < 4.78 is 28.6. The van der Waals surface area contributed by atoms with Gasteiger partial charge >= 0.3 is 0 Å². The fraction of sp³-hybridized carbons (Fsp3) is 0.368. The predicted molar refractivity (Wildman–Crippen MR) is 95.9 cm³/mol. The number of piperidine rings is 1. The number of aromatic nitrogens is 2. The van der Waals surface area contributed by atoms with Gasteiger partial charge in [-0.3, -0.25) is 4.79 Å². The molecule has 2 aromatic rings. The van der Waals surface area contributed by atoms with Crippen LogP contribution in [0.4, 0.5) is 8.78 Å². The van der Waals surface area contributed by atoms with E-state index in [1.54, 1.807) is 6.07 Å². The molecule has 2 aliphatic rings. The van der Waals surface area contributed by atoms with Crippen molar-refractivity contribution in [3.8, 4) is 0 Å². The highest BCUT2D eigenvalue weighted by molar-refractivity contribution is 5.97. The molecule has 1 amide bonds. The van der Waals surface area contributed by atoms with Crippen molar-refractivity contribution in [3.05, 3.63) is 48.4 Å². The summed E-state index contributed by atoms with van der Waals surface area (Å²) in [5.74, 6) is -2.90. The zero-order valence-electron chi connectivity index (χ0n) is 14.5. The van der Waals surface area contributed by atoms with Crippen LogP contribution in [0.1, 0.15) is 23.2 Å². The summed E-state index contributed by atoms with van der Waals surface area (Å²) >= 11 is 0. The Kier molecular flexibility index (Phi) is 4.01. The maximum absolute atomic E-state index is 13.3. The van der Waals surface area contributed by atoms with Crippen LogP contribution in [0.25, 0.3) is 16.7 Å². The first kappa shape index (κ1) is 16.8. The number of pyridine rings is 1. The normalized spacial score (nSPS) is 19.7. The van der Waals surface area contributed by atoms with E-state index < -0.39 is 5.92 Å². The van der Waals surface area contributed by atoms with Crippen molar-refractivity contribution in [2.75, 3.05) is 26.7 Å². The van der Waals surface area contributed by atoms with E-state index in [9.17, 15) is 13.6 Å². The number of hydrogen-bond acceptors (Lipinski definition) is 3. The molecule has 7 heteroatoms. The second-order valence-electron chi connectivity index (χ2n) is 6.89. The van der Waals surface area contributed by atoms with E-state index in [0.717, 1.165) is 23.3 Å². The van der Waals surface area contributed by atoms with Gasteiger partial charge in [0.2, 0.25) is 0 Å². The number of carbonyl (C=O) groups is 1. The molecule has 0 aromatic carbocycles. The molecule has 26 heavy (non-hydrogen) atoms. The average molecular weight is 358 g/mol. The van der Waals surface area contributed by atoms with E-state index in [1.165, 1.54) is 11.1 Å². The lowest BCUT2D eigenvalue weighted by molar-refractivity contribution is -0.0494. The summed E-state index contributed by atoms with van der Waals surface area (Å²) in [6.45, 7) is 0.928. The molecule has 2 aliphatic heterocycles. The van der Waals surface area contributed by atoms with Crippen molar-refractivity contribution in [2.24, 2.45) is 0 Å². The number of likely N-dealkylation sites (N-methyl/N-ethyl adjacent to an activating group) is 1. The summed E-state index contributed by atoms with van der Waals surface area (Å²) in [6, 6.07) is 3.71. The lowest BCUT2D eigenvalue weighted by Gasteiger charge is -2.31. The number of hydrogen-bond donors (Lipinski definition) is 0. The van der Waals surface area contributed by atoms with Crippen molar-refractivity contribution in [1.29, 1.82) is 0 Å². The molecule has 0 bridgehead atoms. The lowest BCUT2D eigenvalue weighted by atomic mass is 10.1. The highest BCUT2D eigenvalue weighted by Crippen LogP contribution is 2.29. The minimum absolute atomic E-state index is 0.0798. The summed E-state index contributed by atoms with van der Waals surface area (Å²) in [4.78, 5) is 20.6. The highest BCUT2D eigenvalue weighted by Gasteiger charge is 2.35. The third kappa shape index (κ3) is 3.09. The lowest BCUT2D eigenvalue weighted by Crippen LogP contribution is -2.42. The molecule has 0 radical (unpaired) electrons. The summed E-state index contributed by atoms with van der Waals surface area (Å²) in [6.07, 6.45) is 8.94. The Bertz CT molecular complexity index is 905. The third-order valence-electron chi connectivity index (χ3n) is 4.91. The van der Waals surface area contributed by atoms with Gasteiger partial charge in [-0.15, -0.1) is 0 Å². The van der Waals surface area contributed by atoms with Gasteiger partial charge in [0, 0.05) is 56.5 Å². The van der Waals surface area contributed by atoms with Gasteiger partial charge in [-0.2, -0.15) is 0 Å². The van der Waals surface area contributed by atoms with Gasteiger partial charge < -0.3 is 14.4 Å². The zero-order valence-corrected chi connectivity index (χ0v) is 14.5. The molecule has 1 fully saturated rings. The number of amides is 1. The fourth-order valence-electron chi connectivity index (χ4n) is 3.41. The number of allylic oxidation sites excluding steroid dienone is 2. The van der Waals surface area contributed by atoms with Gasteiger partial charge in [0.1, 0.15) is 5.65 Å². The molecule has 4 rings (SSSR count). The monoisotopic (exact) mass is 358 g/mol. The Morgan fingerprint density at radius 1 is 1.27 bits per heavy atom. The quantitative estimate of drug-likeness (QED) is 0.828. The van der Waals surface area contributed by atoms with Gasteiger partial charge in [0.05, 0.1) is 12.1 Å². The first-order valence-corrected chi connectivity index (χ1v) is 8.65. The Morgan fingerprint density at radius 2 is 2.04 bits per heavy atom. The van der Waals surface area contributed by atoms with Crippen molar-refractivity contribution in [3.63, 3.8) is 0 Å². The minimum Gasteiger partial charge on any atom is -0.375 e. The van der Waals surface area contributed by atoms with Crippen LogP contribution in [0, 0.1) is 0 Å². The molecule has 0 saturated carbocycles. The van der Waals surface area contributed by atoms with E-state index in [1.807, 2.05) is 42.2 Å². The number of rotatable bonds is 2. The number of likely N-dealkylation sites (tertiary alicyclic amines) is 1. The molecule has 1 saturated heterocycles. The smallest absolute Gasteiger partial charge is 0.255 e. The fourth-order valence-corrected chi connectivity index (χ4v) is 3.41. The van der Waals surface area contributed by atoms with Crippen LogP contribution in [0.5, 0.6) is 0 Å². The van der Waals surface area contributed by atoms with Crippen LogP contribution in [-0.2, 0) is 0 Å². The molecule has 0 N–H and O–H groups in total. The van der Waals surface area contributed by atoms with E-state index in [-0.39, 0.29) is 31.8 Å². The molecule has 0 spiro atoms. The predicted octanol–water partition coefficient (Wildman–Crippen LogP) is 3.21. The van der Waals surface area contributed by atoms with Gasteiger partial charge in [-0.1, -0.05) is 0 Å². The van der Waals surface area contributed by atoms with E-state index in [4.69, 9.17) is 0 Å². The molecular weight excluding hydrogens is 338 g/mol. The highest BCUT2D eigenvalue weighted by atomic mass is 19.3. The van der Waals surface area contributed by atoms with Gasteiger partial charge in [0.25, 0.3) is 11.8 Å². The Hall–Kier alpha value is -2.70. The van der Waals surface area contributed by atoms with Crippen LogP contribution in [0.15, 0.2) is 42.9 Å². The third-order valence-corrected chi connectivity index (χ3v) is 4.91. The minimum atomic E-state index is -2.66. The topological polar surface area (TPSA) is 41.4 Å². The van der Waals surface area contributed by atoms with Crippen LogP contribution in [-0.4, -0.2) is 57.9 Å². The molecule has 4 heterocycles.